The Kier molecular flexibility index (Phi) is 6.97. The van der Waals surface area contributed by atoms with Crippen molar-refractivity contribution in [3.8, 4) is 0 Å². The minimum atomic E-state index is -0.135. The minimum Gasteiger partial charge on any atom is -0.314 e. The van der Waals surface area contributed by atoms with Crippen LogP contribution in [0.5, 0.6) is 0 Å². The predicted octanol–water partition coefficient (Wildman–Crippen LogP) is 2.86. The van der Waals surface area contributed by atoms with Crippen molar-refractivity contribution < 1.29 is 9.59 Å². The Balaban J connectivity index is 0.00000117. The molecule has 0 radical (unpaired) electrons. The van der Waals surface area contributed by atoms with E-state index in [1.165, 1.54) is 4.09 Å². The van der Waals surface area contributed by atoms with Gasteiger partial charge in [-0.3, -0.25) is 14.5 Å². The van der Waals surface area contributed by atoms with Crippen LogP contribution < -0.4 is 9.80 Å². The van der Waals surface area contributed by atoms with Gasteiger partial charge in [-0.2, -0.15) is 5.10 Å². The zero-order valence-corrected chi connectivity index (χ0v) is 18.2. The van der Waals surface area contributed by atoms with Crippen LogP contribution in [0.15, 0.2) is 30.5 Å². The molecule has 1 aromatic carbocycles. The summed E-state index contributed by atoms with van der Waals surface area (Å²) in [5.74, 6) is -0.0643. The largest absolute Gasteiger partial charge is 0.314 e. The van der Waals surface area contributed by atoms with Crippen molar-refractivity contribution in [2.45, 2.75) is 33.1 Å². The predicted molar refractivity (Wildman–Crippen MR) is 119 cm³/mol. The first kappa shape index (κ1) is 21.4. The van der Waals surface area contributed by atoms with Gasteiger partial charge in [0.25, 0.3) is 5.91 Å². The standard InChI is InChI=1S/C19H23N5O2S.C2H6/c1-21(18(25)13-22-9-2-3-10-22)15-5-4-14-7-11-23(17(14)12-15)19(26)16-6-8-20-24(16)27;1-2/h4-6,8,12,27H,2-3,7,9-11,13H2,1H3;1-2H3. The first-order valence-electron chi connectivity index (χ1n) is 10.2. The lowest BCUT2D eigenvalue weighted by atomic mass is 10.1. The lowest BCUT2D eigenvalue weighted by molar-refractivity contribution is -0.119. The summed E-state index contributed by atoms with van der Waals surface area (Å²) in [6, 6.07) is 7.55. The molecule has 1 saturated heterocycles. The van der Waals surface area contributed by atoms with Crippen molar-refractivity contribution in [1.82, 2.24) is 14.1 Å². The molecule has 2 aromatic rings. The van der Waals surface area contributed by atoms with Crippen molar-refractivity contribution in [2.24, 2.45) is 0 Å². The van der Waals surface area contributed by atoms with Gasteiger partial charge in [0.05, 0.1) is 12.7 Å². The van der Waals surface area contributed by atoms with Gasteiger partial charge < -0.3 is 9.80 Å². The molecule has 0 spiro atoms. The molecule has 4 rings (SSSR count). The topological polar surface area (TPSA) is 61.7 Å². The average Bonchev–Trinajstić information content (AvgIpc) is 3.49. The summed E-state index contributed by atoms with van der Waals surface area (Å²) in [4.78, 5) is 31.1. The maximum atomic E-state index is 12.9. The number of hydrogen-bond donors (Lipinski definition) is 1. The highest BCUT2D eigenvalue weighted by Crippen LogP contribution is 2.33. The van der Waals surface area contributed by atoms with Gasteiger partial charge in [-0.15, -0.1) is 0 Å². The first-order chi connectivity index (χ1) is 14.0. The third-order valence-electron chi connectivity index (χ3n) is 5.37. The van der Waals surface area contributed by atoms with Crippen molar-refractivity contribution in [2.75, 3.05) is 43.0 Å². The summed E-state index contributed by atoms with van der Waals surface area (Å²) in [6.45, 7) is 7.03. The Hall–Kier alpha value is -2.32. The fourth-order valence-corrected chi connectivity index (χ4v) is 3.97. The molecule has 8 heteroatoms. The number of likely N-dealkylation sites (tertiary alicyclic amines) is 1. The SMILES string of the molecule is CC.CN(C(=O)CN1CCCC1)c1ccc2c(c1)N(C(=O)c1ccnn1S)CC2. The minimum absolute atomic E-state index is 0.0705. The quantitative estimate of drug-likeness (QED) is 0.780. The monoisotopic (exact) mass is 415 g/mol. The van der Waals surface area contributed by atoms with E-state index >= 15 is 0 Å². The van der Waals surface area contributed by atoms with Crippen LogP contribution in [0, 0.1) is 0 Å². The van der Waals surface area contributed by atoms with E-state index in [0.717, 1.165) is 49.3 Å². The molecule has 0 N–H and O–H groups in total. The molecule has 29 heavy (non-hydrogen) atoms. The molecule has 0 bridgehead atoms. The normalized spacial score (nSPS) is 15.7. The Morgan fingerprint density at radius 3 is 2.52 bits per heavy atom. The Morgan fingerprint density at radius 2 is 1.86 bits per heavy atom. The van der Waals surface area contributed by atoms with Gasteiger partial charge in [0.1, 0.15) is 5.69 Å². The summed E-state index contributed by atoms with van der Waals surface area (Å²) >= 11 is 4.19. The highest BCUT2D eigenvalue weighted by Gasteiger charge is 2.28. The van der Waals surface area contributed by atoms with E-state index in [4.69, 9.17) is 0 Å². The first-order valence-corrected chi connectivity index (χ1v) is 10.6. The summed E-state index contributed by atoms with van der Waals surface area (Å²) < 4.78 is 1.29. The number of thiol groups is 1. The van der Waals surface area contributed by atoms with Crippen LogP contribution in [-0.4, -0.2) is 59.1 Å². The van der Waals surface area contributed by atoms with Crippen molar-refractivity contribution in [3.05, 3.63) is 41.7 Å². The van der Waals surface area contributed by atoms with Crippen molar-refractivity contribution in [1.29, 1.82) is 0 Å². The molecule has 1 fully saturated rings. The average molecular weight is 416 g/mol. The number of rotatable bonds is 4. The van der Waals surface area contributed by atoms with Crippen LogP contribution in [0.3, 0.4) is 0 Å². The van der Waals surface area contributed by atoms with Crippen LogP contribution >= 0.6 is 12.8 Å². The zero-order valence-electron chi connectivity index (χ0n) is 17.3. The number of carbonyl (C=O) groups is 2. The number of likely N-dealkylation sites (N-methyl/N-ethyl adjacent to an activating group) is 1. The Bertz CT molecular complexity index is 876. The van der Waals surface area contributed by atoms with Crippen LogP contribution in [0.25, 0.3) is 0 Å². The molecular formula is C21H29N5O2S. The van der Waals surface area contributed by atoms with E-state index in [-0.39, 0.29) is 11.8 Å². The van der Waals surface area contributed by atoms with Gasteiger partial charge in [0.15, 0.2) is 0 Å². The molecule has 2 aliphatic rings. The van der Waals surface area contributed by atoms with Gasteiger partial charge in [-0.1, -0.05) is 19.9 Å². The number of fused-ring (bicyclic) bond motifs is 1. The number of aromatic nitrogens is 2. The molecule has 0 unspecified atom stereocenters. The number of nitrogens with zero attached hydrogens (tertiary/aromatic N) is 5. The van der Waals surface area contributed by atoms with Gasteiger partial charge in [0.2, 0.25) is 5.91 Å². The molecule has 0 atom stereocenters. The van der Waals surface area contributed by atoms with Gasteiger partial charge >= 0.3 is 0 Å². The molecule has 156 valence electrons. The molecule has 3 heterocycles. The van der Waals surface area contributed by atoms with E-state index in [1.807, 2.05) is 32.0 Å². The second-order valence-corrected chi connectivity index (χ2v) is 7.44. The fraction of sp³-hybridized carbons (Fsp3) is 0.476. The number of anilines is 2. The van der Waals surface area contributed by atoms with E-state index in [9.17, 15) is 9.59 Å². The third kappa shape index (κ3) is 4.48. The van der Waals surface area contributed by atoms with Crippen molar-refractivity contribution in [3.63, 3.8) is 0 Å². The lowest BCUT2D eigenvalue weighted by Gasteiger charge is -2.23. The number of carbonyl (C=O) groups excluding carboxylic acids is 2. The van der Waals surface area contributed by atoms with Crippen LogP contribution in [0.2, 0.25) is 0 Å². The van der Waals surface area contributed by atoms with Crippen molar-refractivity contribution >= 4 is 36.0 Å². The summed E-state index contributed by atoms with van der Waals surface area (Å²) in [7, 11) is 1.80. The molecular weight excluding hydrogens is 386 g/mol. The summed E-state index contributed by atoms with van der Waals surface area (Å²) in [6.07, 6.45) is 4.68. The van der Waals surface area contributed by atoms with Crippen LogP contribution in [0.1, 0.15) is 42.7 Å². The van der Waals surface area contributed by atoms with Crippen LogP contribution in [-0.2, 0) is 11.2 Å². The second-order valence-electron chi connectivity index (χ2n) is 7.06. The molecule has 2 aliphatic heterocycles. The fourth-order valence-electron chi connectivity index (χ4n) is 3.76. The Morgan fingerprint density at radius 1 is 1.14 bits per heavy atom. The summed E-state index contributed by atoms with van der Waals surface area (Å²) in [5, 5.41) is 3.96. The summed E-state index contributed by atoms with van der Waals surface area (Å²) in [5.41, 5.74) is 3.19. The molecule has 0 saturated carbocycles. The molecule has 2 amide bonds. The van der Waals surface area contributed by atoms with E-state index < -0.39 is 0 Å². The second kappa shape index (κ2) is 9.45. The van der Waals surface area contributed by atoms with Gasteiger partial charge in [-0.05, 0) is 68.9 Å². The van der Waals surface area contributed by atoms with Crippen LogP contribution in [0.4, 0.5) is 11.4 Å². The molecule has 0 aliphatic carbocycles. The molecule has 7 nitrogen and oxygen atoms in total. The number of amides is 2. The number of hydrogen-bond acceptors (Lipinski definition) is 5. The van der Waals surface area contributed by atoms with E-state index in [0.29, 0.717) is 18.8 Å². The highest BCUT2D eigenvalue weighted by atomic mass is 32.1. The van der Waals surface area contributed by atoms with E-state index in [2.05, 4.69) is 22.8 Å². The highest BCUT2D eigenvalue weighted by molar-refractivity contribution is 7.78. The number of benzene rings is 1. The maximum Gasteiger partial charge on any atom is 0.277 e. The van der Waals surface area contributed by atoms with Gasteiger partial charge in [0, 0.05) is 25.0 Å². The van der Waals surface area contributed by atoms with E-state index in [1.54, 1.807) is 29.1 Å². The maximum absolute atomic E-state index is 12.9. The lowest BCUT2D eigenvalue weighted by Crippen LogP contribution is -2.37. The smallest absolute Gasteiger partial charge is 0.277 e. The zero-order chi connectivity index (χ0) is 21.0. The molecule has 1 aromatic heterocycles. The Labute approximate surface area is 177 Å². The van der Waals surface area contributed by atoms with Gasteiger partial charge in [-0.25, -0.2) is 4.09 Å². The third-order valence-corrected chi connectivity index (χ3v) is 5.69.